The van der Waals surface area contributed by atoms with Crippen LogP contribution in [0, 0.1) is 6.92 Å². The maximum Gasteiger partial charge on any atom is 0.326 e. The second kappa shape index (κ2) is 14.0. The lowest BCUT2D eigenvalue weighted by molar-refractivity contribution is -0.138. The number of hydrogen-bond acceptors (Lipinski definition) is 10. The second-order valence-corrected chi connectivity index (χ2v) is 10.7. The smallest absolute Gasteiger partial charge is 0.326 e. The van der Waals surface area contributed by atoms with E-state index in [1.165, 1.54) is 11.9 Å². The normalized spacial score (nSPS) is 13.5. The number of hydrogen-bond donors (Lipinski definition) is 3. The number of rotatable bonds is 15. The van der Waals surface area contributed by atoms with Gasteiger partial charge >= 0.3 is 5.97 Å². The molecule has 0 spiro atoms. The summed E-state index contributed by atoms with van der Waals surface area (Å²) in [4.78, 5) is 32.1. The quantitative estimate of drug-likeness (QED) is 0.180. The maximum absolute atomic E-state index is 12.2. The van der Waals surface area contributed by atoms with E-state index in [4.69, 9.17) is 9.72 Å². The van der Waals surface area contributed by atoms with Crippen LogP contribution in [-0.4, -0.2) is 84.5 Å². The zero-order chi connectivity index (χ0) is 29.3. The van der Waals surface area contributed by atoms with Crippen LogP contribution in [0.15, 0.2) is 43.0 Å². The third-order valence-electron chi connectivity index (χ3n) is 7.54. The standard InChI is InChI=1S/C30H39N9O3/c1-21-8-11-24(18-32-21)42-17-16-39(14-4-3-7-23-10-9-22-6-5-13-31-28(22)36-23)15-12-25(30(40)41)37-29-27-26(33-20-34-29)19-35-38(27)2/h8-11,18-20,25H,3-7,12-17H2,1-2H3,(H,31,36)(H,40,41)(H,33,34,37)/t25-/m0/s1. The number of nitrogens with zero attached hydrogens (tertiary/aromatic N) is 7. The number of ether oxygens (including phenoxy) is 1. The zero-order valence-electron chi connectivity index (χ0n) is 24.3. The number of carboxylic acid groups (broad SMARTS) is 1. The van der Waals surface area contributed by atoms with Crippen molar-refractivity contribution < 1.29 is 14.6 Å². The molecule has 0 fully saturated rings. The van der Waals surface area contributed by atoms with Gasteiger partial charge in [-0.1, -0.05) is 6.07 Å². The van der Waals surface area contributed by atoms with Crippen molar-refractivity contribution in [2.24, 2.45) is 7.05 Å². The van der Waals surface area contributed by atoms with Gasteiger partial charge in [0.15, 0.2) is 5.82 Å². The van der Waals surface area contributed by atoms with E-state index in [9.17, 15) is 9.90 Å². The summed E-state index contributed by atoms with van der Waals surface area (Å²) in [5.41, 5.74) is 4.67. The zero-order valence-corrected chi connectivity index (χ0v) is 24.3. The molecular formula is C30H39N9O3. The molecule has 42 heavy (non-hydrogen) atoms. The van der Waals surface area contributed by atoms with Gasteiger partial charge in [-0.05, 0) is 75.8 Å². The predicted octanol–water partition coefficient (Wildman–Crippen LogP) is 3.48. The molecule has 1 atom stereocenters. The Morgan fingerprint density at radius 2 is 2.05 bits per heavy atom. The average molecular weight is 574 g/mol. The molecule has 1 aliphatic heterocycles. The molecule has 4 aromatic rings. The number of aliphatic carboxylic acids is 1. The average Bonchev–Trinajstić information content (AvgIpc) is 3.39. The first kappa shape index (κ1) is 29.2. The maximum atomic E-state index is 12.2. The van der Waals surface area contributed by atoms with Gasteiger partial charge in [0.1, 0.15) is 41.6 Å². The molecule has 0 radical (unpaired) electrons. The Kier molecular flexibility index (Phi) is 9.75. The predicted molar refractivity (Wildman–Crippen MR) is 161 cm³/mol. The summed E-state index contributed by atoms with van der Waals surface area (Å²) in [7, 11) is 1.79. The summed E-state index contributed by atoms with van der Waals surface area (Å²) >= 11 is 0. The summed E-state index contributed by atoms with van der Waals surface area (Å²) in [5.74, 6) is 1.28. The highest BCUT2D eigenvalue weighted by atomic mass is 16.5. The summed E-state index contributed by atoms with van der Waals surface area (Å²) in [6.45, 7) is 5.48. The molecule has 0 saturated carbocycles. The third kappa shape index (κ3) is 7.69. The molecule has 0 aromatic carbocycles. The van der Waals surface area contributed by atoms with Crippen LogP contribution in [0.1, 0.15) is 42.6 Å². The number of nitrogens with one attached hydrogen (secondary N) is 2. The number of carbonyl (C=O) groups is 1. The van der Waals surface area contributed by atoms with Crippen molar-refractivity contribution in [2.75, 3.05) is 43.4 Å². The second-order valence-electron chi connectivity index (χ2n) is 10.7. The van der Waals surface area contributed by atoms with Crippen molar-refractivity contribution >= 4 is 28.6 Å². The van der Waals surface area contributed by atoms with Crippen molar-refractivity contribution in [1.82, 2.24) is 34.6 Å². The largest absolute Gasteiger partial charge is 0.491 e. The molecule has 0 saturated heterocycles. The molecule has 12 heteroatoms. The van der Waals surface area contributed by atoms with E-state index < -0.39 is 12.0 Å². The minimum absolute atomic E-state index is 0.392. The number of aromatic nitrogens is 6. The first-order valence-electron chi connectivity index (χ1n) is 14.6. The molecule has 0 unspecified atom stereocenters. The van der Waals surface area contributed by atoms with Crippen molar-refractivity contribution in [3.63, 3.8) is 0 Å². The molecule has 222 valence electrons. The number of carboxylic acids is 1. The van der Waals surface area contributed by atoms with Crippen LogP contribution in [0.4, 0.5) is 11.6 Å². The van der Waals surface area contributed by atoms with E-state index in [2.05, 4.69) is 47.7 Å². The molecule has 0 amide bonds. The number of unbranched alkanes of at least 4 members (excludes halogenated alkanes) is 1. The van der Waals surface area contributed by atoms with Gasteiger partial charge in [-0.3, -0.25) is 14.6 Å². The van der Waals surface area contributed by atoms with Crippen molar-refractivity contribution in [1.29, 1.82) is 0 Å². The van der Waals surface area contributed by atoms with Crippen molar-refractivity contribution in [3.8, 4) is 5.75 Å². The van der Waals surface area contributed by atoms with Crippen molar-refractivity contribution in [2.45, 2.75) is 51.5 Å². The minimum Gasteiger partial charge on any atom is -0.491 e. The Hall–Kier alpha value is -4.32. The summed E-state index contributed by atoms with van der Waals surface area (Å²) in [6, 6.07) is 7.35. The van der Waals surface area contributed by atoms with Crippen molar-refractivity contribution in [3.05, 3.63) is 59.9 Å². The van der Waals surface area contributed by atoms with E-state index in [1.807, 2.05) is 19.1 Å². The van der Waals surface area contributed by atoms with Crippen LogP contribution >= 0.6 is 0 Å². The molecule has 0 bridgehead atoms. The molecule has 0 aliphatic carbocycles. The third-order valence-corrected chi connectivity index (χ3v) is 7.54. The number of anilines is 2. The number of fused-ring (bicyclic) bond motifs is 2. The highest BCUT2D eigenvalue weighted by Gasteiger charge is 2.21. The monoisotopic (exact) mass is 573 g/mol. The fourth-order valence-electron chi connectivity index (χ4n) is 5.16. The first-order chi connectivity index (χ1) is 20.5. The van der Waals surface area contributed by atoms with E-state index >= 15 is 0 Å². The highest BCUT2D eigenvalue weighted by Crippen LogP contribution is 2.21. The SMILES string of the molecule is Cc1ccc(OCCN(CCCCc2ccc3c(n2)NCCC3)CC[C@H](Nc2ncnc3cnn(C)c23)C(=O)O)cn1. The first-order valence-corrected chi connectivity index (χ1v) is 14.6. The Bertz CT molecular complexity index is 1470. The lowest BCUT2D eigenvalue weighted by atomic mass is 10.1. The molecule has 5 heterocycles. The lowest BCUT2D eigenvalue weighted by Gasteiger charge is -2.25. The van der Waals surface area contributed by atoms with Gasteiger partial charge in [0.2, 0.25) is 0 Å². The van der Waals surface area contributed by atoms with E-state index in [0.717, 1.165) is 68.1 Å². The Morgan fingerprint density at radius 3 is 2.88 bits per heavy atom. The van der Waals surface area contributed by atoms with Crippen LogP contribution in [0.5, 0.6) is 5.75 Å². The van der Waals surface area contributed by atoms with Crippen LogP contribution in [0.3, 0.4) is 0 Å². The molecule has 5 rings (SSSR count). The summed E-state index contributed by atoms with van der Waals surface area (Å²) in [6.07, 6.45) is 10.3. The van der Waals surface area contributed by atoms with Gasteiger partial charge in [-0.15, -0.1) is 0 Å². The van der Waals surface area contributed by atoms with Gasteiger partial charge < -0.3 is 20.5 Å². The van der Waals surface area contributed by atoms with E-state index in [1.54, 1.807) is 24.1 Å². The molecule has 3 N–H and O–H groups in total. The van der Waals surface area contributed by atoms with Crippen LogP contribution in [-0.2, 0) is 24.7 Å². The molecule has 1 aliphatic rings. The van der Waals surface area contributed by atoms with Gasteiger partial charge in [0.25, 0.3) is 0 Å². The van der Waals surface area contributed by atoms with Gasteiger partial charge in [-0.25, -0.2) is 19.7 Å². The lowest BCUT2D eigenvalue weighted by Crippen LogP contribution is -2.37. The highest BCUT2D eigenvalue weighted by molar-refractivity contribution is 5.87. The Morgan fingerprint density at radius 1 is 1.14 bits per heavy atom. The molecular weight excluding hydrogens is 534 g/mol. The fourth-order valence-corrected chi connectivity index (χ4v) is 5.16. The Balaban J connectivity index is 1.18. The topological polar surface area (TPSA) is 143 Å². The molecule has 4 aromatic heterocycles. The number of pyridine rings is 2. The van der Waals surface area contributed by atoms with Crippen LogP contribution in [0.25, 0.3) is 11.0 Å². The van der Waals surface area contributed by atoms with Crippen LogP contribution < -0.4 is 15.4 Å². The Labute approximate surface area is 245 Å². The summed E-state index contributed by atoms with van der Waals surface area (Å²) in [5, 5.41) is 20.8. The van der Waals surface area contributed by atoms with Gasteiger partial charge in [0, 0.05) is 38.1 Å². The van der Waals surface area contributed by atoms with E-state index in [0.29, 0.717) is 43.0 Å². The summed E-state index contributed by atoms with van der Waals surface area (Å²) < 4.78 is 7.59. The van der Waals surface area contributed by atoms with Crippen LogP contribution in [0.2, 0.25) is 0 Å². The van der Waals surface area contributed by atoms with E-state index in [-0.39, 0.29) is 0 Å². The van der Waals surface area contributed by atoms with Gasteiger partial charge in [0.05, 0.1) is 12.4 Å². The fraction of sp³-hybridized carbons (Fsp3) is 0.467. The number of aryl methyl sites for hydroxylation is 4. The molecule has 12 nitrogen and oxygen atoms in total. The minimum atomic E-state index is -0.932. The van der Waals surface area contributed by atoms with Gasteiger partial charge in [-0.2, -0.15) is 5.10 Å².